The summed E-state index contributed by atoms with van der Waals surface area (Å²) in [6.45, 7) is 7.04. The van der Waals surface area contributed by atoms with Gasteiger partial charge in [0.15, 0.2) is 0 Å². The maximum atomic E-state index is 13.9. The Balaban J connectivity index is 1.99. The third-order valence-corrected chi connectivity index (χ3v) is 7.79. The molecule has 222 valence electrons. The summed E-state index contributed by atoms with van der Waals surface area (Å²) >= 11 is 0. The molecule has 0 fully saturated rings. The van der Waals surface area contributed by atoms with Crippen molar-refractivity contribution in [2.75, 3.05) is 22.7 Å². The molecule has 0 saturated heterocycles. The van der Waals surface area contributed by atoms with E-state index in [1.165, 1.54) is 36.7 Å². The van der Waals surface area contributed by atoms with Gasteiger partial charge in [-0.1, -0.05) is 0 Å². The minimum atomic E-state index is -4.82. The Morgan fingerprint density at radius 1 is 1.23 bits per heavy atom. The first-order valence-corrected chi connectivity index (χ1v) is 13.5. The number of ether oxygens (including phenoxy) is 2. The van der Waals surface area contributed by atoms with E-state index in [4.69, 9.17) is 4.74 Å². The number of nitrogens with zero attached hydrogens (tertiary/aromatic N) is 3. The van der Waals surface area contributed by atoms with E-state index in [0.717, 1.165) is 10.5 Å². The van der Waals surface area contributed by atoms with Gasteiger partial charge in [0, 0.05) is 12.6 Å². The number of aliphatic hydroxyl groups is 1. The molecule has 0 radical (unpaired) electrons. The van der Waals surface area contributed by atoms with Crippen LogP contribution >= 0.6 is 0 Å². The van der Waals surface area contributed by atoms with Crippen LogP contribution in [0.4, 0.5) is 29.3 Å². The zero-order valence-electron chi connectivity index (χ0n) is 22.8. The van der Waals surface area contributed by atoms with Crippen molar-refractivity contribution in [3.05, 3.63) is 30.1 Å². The summed E-state index contributed by atoms with van der Waals surface area (Å²) in [5.41, 5.74) is -3.77. The molecule has 2 heterocycles. The van der Waals surface area contributed by atoms with Gasteiger partial charge in [-0.2, -0.15) is 18.3 Å². The summed E-state index contributed by atoms with van der Waals surface area (Å²) in [5.74, 6) is -0.270. The minimum Gasteiger partial charge on any atom is -0.484 e. The molecule has 0 aliphatic carbocycles. The average molecular weight is 592 g/mol. The van der Waals surface area contributed by atoms with Crippen LogP contribution in [0, 0.1) is 6.92 Å². The number of anilines is 2. The Morgan fingerprint density at radius 3 is 2.45 bits per heavy atom. The first-order valence-electron chi connectivity index (χ1n) is 12.1. The third kappa shape index (κ3) is 6.96. The highest BCUT2D eigenvalue weighted by Gasteiger charge is 2.51. The van der Waals surface area contributed by atoms with E-state index >= 15 is 0 Å². The first-order chi connectivity index (χ1) is 18.2. The minimum absolute atomic E-state index is 0.0124. The SMILES string of the molecule is CC(=O)NCC1CN(S(=O)(=O)c2cnn(CC(C)(C)O)c2C)c2cc(NC(=O)OC(C)(C)C(F)(F)F)ccc2O1. The second-order valence-electron chi connectivity index (χ2n) is 10.5. The summed E-state index contributed by atoms with van der Waals surface area (Å²) in [6.07, 6.45) is -5.88. The molecule has 3 rings (SSSR count). The number of alkyl halides is 3. The lowest BCUT2D eigenvalue weighted by Gasteiger charge is -2.35. The molecule has 0 spiro atoms. The largest absolute Gasteiger partial charge is 0.484 e. The van der Waals surface area contributed by atoms with Crippen molar-refractivity contribution in [1.29, 1.82) is 0 Å². The van der Waals surface area contributed by atoms with Crippen LogP contribution < -0.4 is 19.7 Å². The molecular weight excluding hydrogens is 559 g/mol. The van der Waals surface area contributed by atoms with Crippen LogP contribution in [0.5, 0.6) is 5.75 Å². The van der Waals surface area contributed by atoms with E-state index in [1.54, 1.807) is 13.8 Å². The number of halogens is 3. The number of nitrogens with one attached hydrogen (secondary N) is 2. The molecule has 1 atom stereocenters. The van der Waals surface area contributed by atoms with E-state index in [0.29, 0.717) is 13.8 Å². The lowest BCUT2D eigenvalue weighted by atomic mass is 10.1. The highest BCUT2D eigenvalue weighted by atomic mass is 32.2. The Morgan fingerprint density at radius 2 is 1.88 bits per heavy atom. The fraction of sp³-hybridized carbons (Fsp3) is 0.542. The van der Waals surface area contributed by atoms with Crippen molar-refractivity contribution in [3.8, 4) is 5.75 Å². The number of hydrogen-bond acceptors (Lipinski definition) is 8. The summed E-state index contributed by atoms with van der Waals surface area (Å²) in [7, 11) is -4.32. The molecule has 1 unspecified atom stereocenters. The Bertz CT molecular complexity index is 1380. The van der Waals surface area contributed by atoms with Gasteiger partial charge in [0.2, 0.25) is 11.5 Å². The summed E-state index contributed by atoms with van der Waals surface area (Å²) < 4.78 is 79.9. The Kier molecular flexibility index (Phi) is 8.37. The van der Waals surface area contributed by atoms with Crippen LogP contribution in [-0.4, -0.2) is 71.9 Å². The normalized spacial score (nSPS) is 16.1. The van der Waals surface area contributed by atoms with Crippen LogP contribution in [0.25, 0.3) is 0 Å². The number of aromatic nitrogens is 2. The number of sulfonamides is 1. The molecule has 2 aromatic rings. The number of fused-ring (bicyclic) bond motifs is 1. The van der Waals surface area contributed by atoms with Crippen molar-refractivity contribution in [2.45, 2.75) is 76.5 Å². The second kappa shape index (κ2) is 10.8. The van der Waals surface area contributed by atoms with E-state index in [9.17, 15) is 36.3 Å². The lowest BCUT2D eigenvalue weighted by Crippen LogP contribution is -2.48. The first kappa shape index (κ1) is 31.0. The van der Waals surface area contributed by atoms with Gasteiger partial charge in [0.05, 0.1) is 42.8 Å². The van der Waals surface area contributed by atoms with Gasteiger partial charge in [-0.25, -0.2) is 13.2 Å². The van der Waals surface area contributed by atoms with Gasteiger partial charge in [0.25, 0.3) is 10.0 Å². The van der Waals surface area contributed by atoms with Gasteiger partial charge in [-0.05, 0) is 52.8 Å². The maximum Gasteiger partial charge on any atom is 0.427 e. The number of benzene rings is 1. The monoisotopic (exact) mass is 591 g/mol. The number of amides is 2. The van der Waals surface area contributed by atoms with Gasteiger partial charge in [0.1, 0.15) is 16.7 Å². The van der Waals surface area contributed by atoms with Crippen LogP contribution in [0.1, 0.15) is 40.3 Å². The number of carbonyl (C=O) groups excluding carboxylic acids is 2. The quantitative estimate of drug-likeness (QED) is 0.424. The molecule has 2 amide bonds. The maximum absolute atomic E-state index is 13.9. The number of rotatable bonds is 8. The fourth-order valence-corrected chi connectivity index (χ4v) is 5.40. The molecule has 1 aliphatic heterocycles. The molecule has 3 N–H and O–H groups in total. The molecule has 40 heavy (non-hydrogen) atoms. The van der Waals surface area contributed by atoms with Crippen molar-refractivity contribution in [3.63, 3.8) is 0 Å². The van der Waals surface area contributed by atoms with E-state index in [-0.39, 0.29) is 53.3 Å². The highest BCUT2D eigenvalue weighted by Crippen LogP contribution is 2.40. The Labute approximate surface area is 229 Å². The average Bonchev–Trinajstić information content (AvgIpc) is 3.15. The van der Waals surface area contributed by atoms with Crippen LogP contribution in [-0.2, 0) is 26.1 Å². The van der Waals surface area contributed by atoms with E-state index in [1.807, 2.05) is 0 Å². The van der Waals surface area contributed by atoms with Crippen LogP contribution in [0.15, 0.2) is 29.3 Å². The highest BCUT2D eigenvalue weighted by molar-refractivity contribution is 7.92. The van der Waals surface area contributed by atoms with Gasteiger partial charge < -0.3 is 19.9 Å². The molecule has 16 heteroatoms. The third-order valence-electron chi connectivity index (χ3n) is 5.91. The topological polar surface area (TPSA) is 152 Å². The van der Waals surface area contributed by atoms with Crippen molar-refractivity contribution in [2.24, 2.45) is 0 Å². The van der Waals surface area contributed by atoms with Crippen LogP contribution in [0.2, 0.25) is 0 Å². The van der Waals surface area contributed by atoms with Crippen molar-refractivity contribution in [1.82, 2.24) is 15.1 Å². The van der Waals surface area contributed by atoms with E-state index < -0.39 is 39.6 Å². The predicted octanol–water partition coefficient (Wildman–Crippen LogP) is 2.94. The predicted molar refractivity (Wildman–Crippen MR) is 138 cm³/mol. The van der Waals surface area contributed by atoms with Gasteiger partial charge >= 0.3 is 12.3 Å². The smallest absolute Gasteiger partial charge is 0.427 e. The standard InChI is InChI=1S/C24H32F3N5O7S/c1-14-20(11-29-31(14)13-22(3,4)35)40(36,37)32-12-17(10-28-15(2)33)38-19-8-7-16(9-18(19)32)30-21(34)39-23(5,6)24(25,26)27/h7-9,11,17,35H,10,12-13H2,1-6H3,(H,28,33)(H,30,34). The molecule has 0 saturated carbocycles. The van der Waals surface area contributed by atoms with Crippen molar-refractivity contribution < 1.29 is 45.8 Å². The van der Waals surface area contributed by atoms with Gasteiger partial charge in [-0.3, -0.25) is 19.1 Å². The molecular formula is C24H32F3N5O7S. The molecule has 1 aromatic heterocycles. The fourth-order valence-electron chi connectivity index (χ4n) is 3.74. The Hall–Kier alpha value is -3.53. The number of carbonyl (C=O) groups is 2. The molecule has 12 nitrogen and oxygen atoms in total. The molecule has 1 aromatic carbocycles. The molecule has 0 bridgehead atoms. The lowest BCUT2D eigenvalue weighted by molar-refractivity contribution is -0.242. The van der Waals surface area contributed by atoms with Crippen LogP contribution in [0.3, 0.4) is 0 Å². The molecule has 1 aliphatic rings. The second-order valence-corrected chi connectivity index (χ2v) is 12.3. The summed E-state index contributed by atoms with van der Waals surface area (Å²) in [4.78, 5) is 23.5. The van der Waals surface area contributed by atoms with Crippen molar-refractivity contribution >= 4 is 33.4 Å². The zero-order valence-corrected chi connectivity index (χ0v) is 23.6. The summed E-state index contributed by atoms with van der Waals surface area (Å²) in [5, 5.41) is 19.0. The van der Waals surface area contributed by atoms with Gasteiger partial charge in [-0.15, -0.1) is 0 Å². The summed E-state index contributed by atoms with van der Waals surface area (Å²) in [6, 6.07) is 3.87. The van der Waals surface area contributed by atoms with E-state index in [2.05, 4.69) is 20.5 Å². The number of hydrogen-bond donors (Lipinski definition) is 3. The zero-order chi connectivity index (χ0) is 30.3.